The summed E-state index contributed by atoms with van der Waals surface area (Å²) in [5.41, 5.74) is 4.92. The number of rotatable bonds is 3. The molecular formula is C4H9ClNO3-. The lowest BCUT2D eigenvalue weighted by molar-refractivity contribution is -0.315. The van der Waals surface area contributed by atoms with Crippen LogP contribution < -0.4 is 10.8 Å². The minimum Gasteiger partial charge on any atom is -0.547 e. The molecule has 0 aromatic heterocycles. The first-order chi connectivity index (χ1) is 3.68. The molecule has 0 rings (SSSR count). The second-order valence-corrected chi connectivity index (χ2v) is 1.41. The van der Waals surface area contributed by atoms with Crippen molar-refractivity contribution in [1.82, 2.24) is 0 Å². The van der Waals surface area contributed by atoms with Crippen LogP contribution in [-0.4, -0.2) is 23.7 Å². The minimum absolute atomic E-state index is 0. The largest absolute Gasteiger partial charge is 0.547 e. The van der Waals surface area contributed by atoms with Crippen molar-refractivity contribution in [3.63, 3.8) is 0 Å². The van der Waals surface area contributed by atoms with E-state index in [2.05, 4.69) is 0 Å². The van der Waals surface area contributed by atoms with Gasteiger partial charge in [-0.2, -0.15) is 0 Å². The molecule has 0 amide bonds. The predicted octanol–water partition coefficient (Wildman–Crippen LogP) is -2.13. The molecule has 0 spiro atoms. The fourth-order valence-electron chi connectivity index (χ4n) is 0.276. The summed E-state index contributed by atoms with van der Waals surface area (Å²) >= 11 is 0. The van der Waals surface area contributed by atoms with E-state index in [4.69, 9.17) is 10.8 Å². The Balaban J connectivity index is 0. The fourth-order valence-corrected chi connectivity index (χ4v) is 0.276. The third kappa shape index (κ3) is 5.55. The van der Waals surface area contributed by atoms with Gasteiger partial charge in [-0.25, -0.2) is 0 Å². The lowest BCUT2D eigenvalue weighted by atomic mass is 10.3. The van der Waals surface area contributed by atoms with Crippen molar-refractivity contribution >= 4 is 18.4 Å². The predicted molar refractivity (Wildman–Crippen MR) is 31.9 cm³/mol. The van der Waals surface area contributed by atoms with Crippen LogP contribution in [0.25, 0.3) is 0 Å². The third-order valence-electron chi connectivity index (χ3n) is 0.712. The maximum absolute atomic E-state index is 9.67. The van der Waals surface area contributed by atoms with E-state index in [0.717, 1.165) is 0 Å². The second-order valence-electron chi connectivity index (χ2n) is 1.41. The molecule has 0 aliphatic rings. The van der Waals surface area contributed by atoms with Gasteiger partial charge in [-0.3, -0.25) is 0 Å². The number of hydrogen-bond acceptors (Lipinski definition) is 4. The van der Waals surface area contributed by atoms with Gasteiger partial charge in [-0.05, 0) is 13.0 Å². The first-order valence-electron chi connectivity index (χ1n) is 2.27. The molecule has 0 aliphatic heterocycles. The van der Waals surface area contributed by atoms with Crippen LogP contribution in [0.4, 0.5) is 0 Å². The lowest BCUT2D eigenvalue weighted by Crippen LogP contribution is -2.36. The maximum atomic E-state index is 9.67. The highest BCUT2D eigenvalue weighted by atomic mass is 35.5. The van der Waals surface area contributed by atoms with Crippen LogP contribution in [-0.2, 0) is 4.79 Å². The molecule has 0 aromatic carbocycles. The van der Waals surface area contributed by atoms with Crippen molar-refractivity contribution < 1.29 is 15.0 Å². The number of nitrogens with two attached hydrogens (primary N) is 1. The van der Waals surface area contributed by atoms with Gasteiger partial charge in [-0.15, -0.1) is 12.4 Å². The quantitative estimate of drug-likeness (QED) is 0.486. The summed E-state index contributed by atoms with van der Waals surface area (Å²) < 4.78 is 0. The van der Waals surface area contributed by atoms with Gasteiger partial charge in [-0.1, -0.05) is 0 Å². The fraction of sp³-hybridized carbons (Fsp3) is 0.750. The third-order valence-corrected chi connectivity index (χ3v) is 0.712. The molecule has 0 saturated heterocycles. The second kappa shape index (κ2) is 5.81. The summed E-state index contributed by atoms with van der Waals surface area (Å²) in [7, 11) is 0. The topological polar surface area (TPSA) is 86.4 Å². The number of carbonyl (C=O) groups is 1. The van der Waals surface area contributed by atoms with Crippen LogP contribution in [0.1, 0.15) is 6.42 Å². The zero-order valence-electron chi connectivity index (χ0n) is 4.74. The van der Waals surface area contributed by atoms with Gasteiger partial charge < -0.3 is 20.7 Å². The van der Waals surface area contributed by atoms with Gasteiger partial charge in [0, 0.05) is 0 Å². The molecular weight excluding hydrogens is 146 g/mol. The summed E-state index contributed by atoms with van der Waals surface area (Å²) in [6, 6.07) is 0. The van der Waals surface area contributed by atoms with Crippen molar-refractivity contribution in [1.29, 1.82) is 0 Å². The van der Waals surface area contributed by atoms with Gasteiger partial charge in [0.15, 0.2) is 0 Å². The zero-order valence-corrected chi connectivity index (χ0v) is 5.56. The Hall–Kier alpha value is -0.320. The van der Waals surface area contributed by atoms with Gasteiger partial charge in [0.2, 0.25) is 0 Å². The van der Waals surface area contributed by atoms with E-state index in [1.807, 2.05) is 0 Å². The first kappa shape index (κ1) is 11.5. The van der Waals surface area contributed by atoms with Crippen molar-refractivity contribution in [2.45, 2.75) is 12.5 Å². The van der Waals surface area contributed by atoms with Crippen molar-refractivity contribution in [3.8, 4) is 0 Å². The summed E-state index contributed by atoms with van der Waals surface area (Å²) in [5, 5.41) is 18.1. The van der Waals surface area contributed by atoms with Crippen LogP contribution in [0, 0.1) is 0 Å². The van der Waals surface area contributed by atoms with E-state index in [-0.39, 0.29) is 25.4 Å². The zero-order chi connectivity index (χ0) is 6.57. The summed E-state index contributed by atoms with van der Waals surface area (Å²) in [4.78, 5) is 9.67. The SMILES string of the molecule is Cl.NCCC(O)C(=O)[O-]. The summed E-state index contributed by atoms with van der Waals surface area (Å²) in [5.74, 6) is -1.46. The van der Waals surface area contributed by atoms with Crippen LogP contribution in [0.3, 0.4) is 0 Å². The van der Waals surface area contributed by atoms with Gasteiger partial charge in [0.05, 0.1) is 12.1 Å². The van der Waals surface area contributed by atoms with Crippen LogP contribution >= 0.6 is 12.4 Å². The van der Waals surface area contributed by atoms with E-state index in [1.54, 1.807) is 0 Å². The Morgan fingerprint density at radius 1 is 1.78 bits per heavy atom. The molecule has 4 nitrogen and oxygen atoms in total. The minimum atomic E-state index is -1.46. The molecule has 0 saturated carbocycles. The van der Waals surface area contributed by atoms with E-state index in [9.17, 15) is 9.90 Å². The molecule has 1 atom stereocenters. The van der Waals surface area contributed by atoms with Gasteiger partial charge >= 0.3 is 0 Å². The number of aliphatic hydroxyl groups is 1. The molecule has 0 heterocycles. The molecule has 0 bridgehead atoms. The van der Waals surface area contributed by atoms with Crippen LogP contribution in [0.5, 0.6) is 0 Å². The molecule has 1 unspecified atom stereocenters. The summed E-state index contributed by atoms with van der Waals surface area (Å²) in [6.45, 7) is 0.162. The van der Waals surface area contributed by atoms with Crippen LogP contribution in [0.2, 0.25) is 0 Å². The average molecular weight is 155 g/mol. The molecule has 0 aromatic rings. The van der Waals surface area contributed by atoms with Crippen LogP contribution in [0.15, 0.2) is 0 Å². The Bertz CT molecular complexity index is 87.9. The maximum Gasteiger partial charge on any atom is 0.0945 e. The average Bonchev–Trinajstić information content (AvgIpc) is 1.67. The van der Waals surface area contributed by atoms with E-state index >= 15 is 0 Å². The molecule has 9 heavy (non-hydrogen) atoms. The van der Waals surface area contributed by atoms with E-state index in [0.29, 0.717) is 0 Å². The van der Waals surface area contributed by atoms with Crippen molar-refractivity contribution in [3.05, 3.63) is 0 Å². The molecule has 0 radical (unpaired) electrons. The molecule has 0 fully saturated rings. The smallest absolute Gasteiger partial charge is 0.0945 e. The Morgan fingerprint density at radius 3 is 2.33 bits per heavy atom. The number of carbonyl (C=O) groups excluding carboxylic acids is 1. The highest BCUT2D eigenvalue weighted by Gasteiger charge is 2.00. The highest BCUT2D eigenvalue weighted by Crippen LogP contribution is 1.83. The Kier molecular flexibility index (Phi) is 7.41. The van der Waals surface area contributed by atoms with E-state index in [1.165, 1.54) is 0 Å². The standard InChI is InChI=1S/C4H9NO3.ClH/c5-2-1-3(6)4(7)8;/h3,6H,1-2,5H2,(H,7,8);1H/p-1. The molecule has 0 aliphatic carbocycles. The highest BCUT2D eigenvalue weighted by molar-refractivity contribution is 5.85. The lowest BCUT2D eigenvalue weighted by Gasteiger charge is -2.07. The number of aliphatic hydroxyl groups excluding tert-OH is 1. The molecule has 56 valence electrons. The van der Waals surface area contributed by atoms with Gasteiger partial charge in [0.1, 0.15) is 0 Å². The number of halogens is 1. The van der Waals surface area contributed by atoms with Crippen molar-refractivity contribution in [2.24, 2.45) is 5.73 Å². The van der Waals surface area contributed by atoms with Crippen molar-refractivity contribution in [2.75, 3.05) is 6.54 Å². The molecule has 3 N–H and O–H groups in total. The number of carboxylic acid groups (broad SMARTS) is 1. The summed E-state index contributed by atoms with van der Waals surface area (Å²) in [6.07, 6.45) is -1.34. The number of hydrogen-bond donors (Lipinski definition) is 2. The first-order valence-corrected chi connectivity index (χ1v) is 2.27. The Labute approximate surface area is 59.1 Å². The van der Waals surface area contributed by atoms with E-state index < -0.39 is 12.1 Å². The molecule has 5 heteroatoms. The Morgan fingerprint density at radius 2 is 2.22 bits per heavy atom. The van der Waals surface area contributed by atoms with Gasteiger partial charge in [0.25, 0.3) is 0 Å². The number of carboxylic acids is 1. The normalized spacial score (nSPS) is 11.8. The number of aliphatic carboxylic acids is 1. The monoisotopic (exact) mass is 154 g/mol.